The van der Waals surface area contributed by atoms with Gasteiger partial charge in [-0.25, -0.2) is 0 Å². The van der Waals surface area contributed by atoms with Gasteiger partial charge in [-0.2, -0.15) is 4.98 Å². The molecule has 0 spiro atoms. The lowest BCUT2D eigenvalue weighted by atomic mass is 9.92. The smallest absolute Gasteiger partial charge is 0.258 e. The molecule has 0 radical (unpaired) electrons. The van der Waals surface area contributed by atoms with E-state index in [4.69, 9.17) is 0 Å². The molecule has 0 saturated heterocycles. The minimum Gasteiger partial charge on any atom is -0.326 e. The van der Waals surface area contributed by atoms with Gasteiger partial charge in [0.25, 0.3) is 5.56 Å². The van der Waals surface area contributed by atoms with E-state index in [-0.39, 0.29) is 29.7 Å². The van der Waals surface area contributed by atoms with Crippen LogP contribution >= 0.6 is 0 Å². The number of aromatic nitrogens is 2. The van der Waals surface area contributed by atoms with Crippen LogP contribution in [-0.2, 0) is 9.59 Å². The number of amides is 2. The van der Waals surface area contributed by atoms with E-state index in [0.29, 0.717) is 5.69 Å². The van der Waals surface area contributed by atoms with Gasteiger partial charge in [-0.05, 0) is 31.2 Å². The van der Waals surface area contributed by atoms with Crippen LogP contribution in [0.4, 0.5) is 23.1 Å². The van der Waals surface area contributed by atoms with Gasteiger partial charge in [0, 0.05) is 17.8 Å². The number of aromatic amines is 1. The number of fused-ring (bicyclic) bond motifs is 1. The average molecular weight is 389 g/mol. The van der Waals surface area contributed by atoms with Gasteiger partial charge < -0.3 is 16.0 Å². The molecule has 8 nitrogen and oxygen atoms in total. The molecule has 8 heteroatoms. The minimum atomic E-state index is -0.929. The van der Waals surface area contributed by atoms with Crippen LogP contribution < -0.4 is 21.5 Å². The third-order valence-electron chi connectivity index (χ3n) is 4.62. The van der Waals surface area contributed by atoms with Crippen molar-refractivity contribution in [2.45, 2.75) is 19.3 Å². The first-order valence-corrected chi connectivity index (χ1v) is 9.13. The number of hydrogen-bond donors (Lipinski definition) is 4. The number of benzene rings is 2. The fourth-order valence-electron chi connectivity index (χ4n) is 3.18. The molecule has 0 aliphatic carbocycles. The molecular formula is C21H19N5O3. The van der Waals surface area contributed by atoms with Crippen LogP contribution in [0.2, 0.25) is 0 Å². The van der Waals surface area contributed by atoms with Crippen LogP contribution in [0.3, 0.4) is 0 Å². The number of para-hydroxylation sites is 1. The summed E-state index contributed by atoms with van der Waals surface area (Å²) in [6.07, 6.45) is -0.124. The summed E-state index contributed by atoms with van der Waals surface area (Å²) in [6, 6.07) is 16.5. The molecule has 1 aliphatic rings. The Labute approximate surface area is 166 Å². The summed E-state index contributed by atoms with van der Waals surface area (Å²) >= 11 is 0. The van der Waals surface area contributed by atoms with Crippen LogP contribution in [0.1, 0.15) is 23.5 Å². The van der Waals surface area contributed by atoms with Crippen molar-refractivity contribution in [2.24, 2.45) is 0 Å². The standard InChI is InChI=1S/C21H19N5O3/c1-12-7-9-14(10-8-12)22-19(28)15-11-16(27)24-18-17(15)20(29)26-21(25-18)23-13-5-3-2-4-6-13/h2-10,15H,11H2,1H3,(H,22,28)(H3,23,24,25,26,27,29). The predicted molar refractivity (Wildman–Crippen MR) is 110 cm³/mol. The van der Waals surface area contributed by atoms with Gasteiger partial charge in [-0.15, -0.1) is 0 Å². The molecule has 4 N–H and O–H groups in total. The Morgan fingerprint density at radius 1 is 1.03 bits per heavy atom. The first kappa shape index (κ1) is 18.4. The van der Waals surface area contributed by atoms with Crippen LogP contribution in [-0.4, -0.2) is 21.8 Å². The second-order valence-corrected chi connectivity index (χ2v) is 6.83. The maximum atomic E-state index is 12.8. The SMILES string of the molecule is Cc1ccc(NC(=O)C2CC(=O)Nc3nc(Nc4ccccc4)[nH]c(=O)c32)cc1. The average Bonchev–Trinajstić information content (AvgIpc) is 2.69. The highest BCUT2D eigenvalue weighted by Crippen LogP contribution is 2.30. The van der Waals surface area contributed by atoms with Gasteiger partial charge in [0.05, 0.1) is 11.5 Å². The minimum absolute atomic E-state index is 0.0903. The molecule has 29 heavy (non-hydrogen) atoms. The number of nitrogens with zero attached hydrogens (tertiary/aromatic N) is 1. The second kappa shape index (κ2) is 7.59. The molecule has 146 valence electrons. The fourth-order valence-corrected chi connectivity index (χ4v) is 3.18. The van der Waals surface area contributed by atoms with Gasteiger partial charge in [-0.1, -0.05) is 35.9 Å². The molecule has 1 unspecified atom stereocenters. The molecule has 3 aromatic rings. The normalized spacial score (nSPS) is 15.2. The second-order valence-electron chi connectivity index (χ2n) is 6.83. The van der Waals surface area contributed by atoms with Crippen molar-refractivity contribution < 1.29 is 9.59 Å². The maximum absolute atomic E-state index is 12.8. The molecule has 2 aromatic carbocycles. The van der Waals surface area contributed by atoms with Gasteiger partial charge in [0.1, 0.15) is 5.82 Å². The lowest BCUT2D eigenvalue weighted by Gasteiger charge is -2.23. The van der Waals surface area contributed by atoms with Gasteiger partial charge in [0.2, 0.25) is 17.8 Å². The van der Waals surface area contributed by atoms with Crippen LogP contribution in [0.5, 0.6) is 0 Å². The van der Waals surface area contributed by atoms with Crippen molar-refractivity contribution in [3.63, 3.8) is 0 Å². The zero-order valence-corrected chi connectivity index (χ0v) is 15.7. The topological polar surface area (TPSA) is 116 Å². The van der Waals surface area contributed by atoms with E-state index in [1.54, 1.807) is 12.1 Å². The highest BCUT2D eigenvalue weighted by Gasteiger charge is 2.34. The number of H-pyrrole nitrogens is 1. The third-order valence-corrected chi connectivity index (χ3v) is 4.62. The number of carbonyl (C=O) groups excluding carboxylic acids is 2. The molecular weight excluding hydrogens is 370 g/mol. The summed E-state index contributed by atoms with van der Waals surface area (Å²) in [6.45, 7) is 1.94. The zero-order chi connectivity index (χ0) is 20.4. The number of hydrogen-bond acceptors (Lipinski definition) is 5. The van der Waals surface area contributed by atoms with Crippen molar-refractivity contribution in [3.8, 4) is 0 Å². The van der Waals surface area contributed by atoms with Crippen molar-refractivity contribution >= 4 is 35.0 Å². The Balaban J connectivity index is 1.63. The van der Waals surface area contributed by atoms with Crippen LogP contribution in [0.25, 0.3) is 0 Å². The number of aryl methyl sites for hydroxylation is 1. The van der Waals surface area contributed by atoms with E-state index in [1.165, 1.54) is 0 Å². The zero-order valence-electron chi connectivity index (χ0n) is 15.7. The van der Waals surface area contributed by atoms with Crippen molar-refractivity contribution in [1.82, 2.24) is 9.97 Å². The fraction of sp³-hybridized carbons (Fsp3) is 0.143. The lowest BCUT2D eigenvalue weighted by molar-refractivity contribution is -0.123. The largest absolute Gasteiger partial charge is 0.326 e. The molecule has 2 heterocycles. The Hall–Kier alpha value is -3.94. The van der Waals surface area contributed by atoms with Gasteiger partial charge in [0.15, 0.2) is 0 Å². The van der Waals surface area contributed by atoms with E-state index < -0.39 is 17.4 Å². The number of rotatable bonds is 4. The highest BCUT2D eigenvalue weighted by atomic mass is 16.2. The highest BCUT2D eigenvalue weighted by molar-refractivity contribution is 6.04. The summed E-state index contributed by atoms with van der Waals surface area (Å²) < 4.78 is 0. The molecule has 1 atom stereocenters. The van der Waals surface area contributed by atoms with Crippen molar-refractivity contribution in [1.29, 1.82) is 0 Å². The number of carbonyl (C=O) groups is 2. The molecule has 0 fully saturated rings. The first-order valence-electron chi connectivity index (χ1n) is 9.13. The molecule has 1 aromatic heterocycles. The molecule has 4 rings (SSSR count). The quantitative estimate of drug-likeness (QED) is 0.548. The Bertz CT molecular complexity index is 1120. The van der Waals surface area contributed by atoms with Gasteiger partial charge >= 0.3 is 0 Å². The molecule has 0 bridgehead atoms. The molecule has 2 amide bonds. The summed E-state index contributed by atoms with van der Waals surface area (Å²) in [7, 11) is 0. The van der Waals surface area contributed by atoms with E-state index in [1.807, 2.05) is 49.4 Å². The molecule has 0 saturated carbocycles. The van der Waals surface area contributed by atoms with Crippen LogP contribution in [0, 0.1) is 6.92 Å². The number of anilines is 4. The maximum Gasteiger partial charge on any atom is 0.258 e. The summed E-state index contributed by atoms with van der Waals surface area (Å²) in [5, 5.41) is 8.34. The lowest BCUT2D eigenvalue weighted by Crippen LogP contribution is -2.36. The predicted octanol–water partition coefficient (Wildman–Crippen LogP) is 2.89. The van der Waals surface area contributed by atoms with Crippen molar-refractivity contribution in [3.05, 3.63) is 76.1 Å². The van der Waals surface area contributed by atoms with Crippen LogP contribution in [0.15, 0.2) is 59.4 Å². The van der Waals surface area contributed by atoms with E-state index >= 15 is 0 Å². The number of nitrogens with one attached hydrogen (secondary N) is 4. The van der Waals surface area contributed by atoms with E-state index in [9.17, 15) is 14.4 Å². The summed E-state index contributed by atoms with van der Waals surface area (Å²) in [4.78, 5) is 44.6. The van der Waals surface area contributed by atoms with E-state index in [0.717, 1.165) is 11.3 Å². The Morgan fingerprint density at radius 3 is 2.48 bits per heavy atom. The van der Waals surface area contributed by atoms with Gasteiger partial charge in [-0.3, -0.25) is 19.4 Å². The van der Waals surface area contributed by atoms with Crippen molar-refractivity contribution in [2.75, 3.05) is 16.0 Å². The first-order chi connectivity index (χ1) is 14.0. The summed E-state index contributed by atoms with van der Waals surface area (Å²) in [5.74, 6) is -1.46. The molecule has 1 aliphatic heterocycles. The third kappa shape index (κ3) is 4.01. The Morgan fingerprint density at radius 2 is 1.76 bits per heavy atom. The summed E-state index contributed by atoms with van der Waals surface area (Å²) in [5.41, 5.74) is 2.06. The monoisotopic (exact) mass is 389 g/mol. The Kier molecular flexibility index (Phi) is 4.82. The van der Waals surface area contributed by atoms with E-state index in [2.05, 4.69) is 25.9 Å².